The fourth-order valence-corrected chi connectivity index (χ4v) is 3.03. The van der Waals surface area contributed by atoms with Gasteiger partial charge in [-0.1, -0.05) is 17.7 Å². The minimum atomic E-state index is -0.618. The molecule has 3 N–H and O–H groups in total. The van der Waals surface area contributed by atoms with E-state index in [9.17, 15) is 5.11 Å². The van der Waals surface area contributed by atoms with E-state index in [2.05, 4.69) is 20.6 Å². The average molecular weight is 481 g/mol. The molecule has 0 aliphatic rings. The number of guanidine groups is 1. The SMILES string of the molecule is CCNC(=NCc1ncccc1C)NCC(O)c1ccc(Cl)s1.I. The van der Waals surface area contributed by atoms with Gasteiger partial charge in [-0.2, -0.15) is 0 Å². The minimum Gasteiger partial charge on any atom is -0.386 e. The molecule has 0 saturated heterocycles. The van der Waals surface area contributed by atoms with E-state index in [1.54, 1.807) is 12.3 Å². The lowest BCUT2D eigenvalue weighted by Crippen LogP contribution is -2.39. The molecule has 2 aromatic heterocycles. The van der Waals surface area contributed by atoms with Crippen LogP contribution >= 0.6 is 46.9 Å². The number of aliphatic hydroxyl groups is 1. The Balaban J connectivity index is 0.00000288. The van der Waals surface area contributed by atoms with E-state index in [0.717, 1.165) is 22.7 Å². The van der Waals surface area contributed by atoms with Crippen LogP contribution in [0.3, 0.4) is 0 Å². The van der Waals surface area contributed by atoms with E-state index in [1.807, 2.05) is 32.0 Å². The maximum Gasteiger partial charge on any atom is 0.191 e. The van der Waals surface area contributed by atoms with Gasteiger partial charge in [0.25, 0.3) is 0 Å². The average Bonchev–Trinajstić information content (AvgIpc) is 2.98. The first-order chi connectivity index (χ1) is 11.1. The van der Waals surface area contributed by atoms with Crippen LogP contribution in [0.1, 0.15) is 29.2 Å². The van der Waals surface area contributed by atoms with Crippen LogP contribution in [-0.2, 0) is 6.54 Å². The highest BCUT2D eigenvalue weighted by Gasteiger charge is 2.11. The van der Waals surface area contributed by atoms with Crippen LogP contribution < -0.4 is 10.6 Å². The fraction of sp³-hybridized carbons (Fsp3) is 0.375. The van der Waals surface area contributed by atoms with Gasteiger partial charge >= 0.3 is 0 Å². The van der Waals surface area contributed by atoms with E-state index in [0.29, 0.717) is 23.4 Å². The van der Waals surface area contributed by atoms with Crippen LogP contribution in [0.4, 0.5) is 0 Å². The standard InChI is InChI=1S/C16H21ClN4OS.HI/c1-3-18-16(20-9-12-11(2)5-4-8-19-12)21-10-13(22)14-6-7-15(17)23-14;/h4-8,13,22H,3,9-10H2,1-2H3,(H2,18,20,21);1H. The molecule has 5 nitrogen and oxygen atoms in total. The molecule has 0 saturated carbocycles. The van der Waals surface area contributed by atoms with Gasteiger partial charge in [0.15, 0.2) is 5.96 Å². The van der Waals surface area contributed by atoms with Crippen LogP contribution in [0.25, 0.3) is 0 Å². The third-order valence-electron chi connectivity index (χ3n) is 3.23. The number of nitrogens with one attached hydrogen (secondary N) is 2. The van der Waals surface area contributed by atoms with Crippen LogP contribution in [0, 0.1) is 6.92 Å². The summed E-state index contributed by atoms with van der Waals surface area (Å²) >= 11 is 7.27. The van der Waals surface area contributed by atoms with Crippen molar-refractivity contribution >= 4 is 52.9 Å². The molecule has 24 heavy (non-hydrogen) atoms. The lowest BCUT2D eigenvalue weighted by Gasteiger charge is -2.14. The van der Waals surface area contributed by atoms with Gasteiger partial charge in [0.2, 0.25) is 0 Å². The summed E-state index contributed by atoms with van der Waals surface area (Å²) in [5, 5.41) is 16.5. The zero-order valence-corrected chi connectivity index (χ0v) is 17.5. The van der Waals surface area contributed by atoms with Crippen LogP contribution in [-0.4, -0.2) is 29.1 Å². The molecule has 0 aromatic carbocycles. The number of aliphatic imine (C=N–C) groups is 1. The van der Waals surface area contributed by atoms with E-state index < -0.39 is 6.10 Å². The Morgan fingerprint density at radius 1 is 1.38 bits per heavy atom. The number of rotatable bonds is 6. The molecule has 0 aliphatic heterocycles. The minimum absolute atomic E-state index is 0. The number of aromatic nitrogens is 1. The van der Waals surface area contributed by atoms with E-state index >= 15 is 0 Å². The number of aliphatic hydroxyl groups excluding tert-OH is 1. The van der Waals surface area contributed by atoms with Gasteiger partial charge in [-0.25, -0.2) is 4.99 Å². The number of halogens is 2. The second kappa shape index (κ2) is 10.9. The summed E-state index contributed by atoms with van der Waals surface area (Å²) in [6.07, 6.45) is 1.15. The molecule has 132 valence electrons. The molecule has 0 amide bonds. The largest absolute Gasteiger partial charge is 0.386 e. The maximum atomic E-state index is 10.2. The van der Waals surface area contributed by atoms with E-state index in [1.165, 1.54) is 11.3 Å². The maximum absolute atomic E-state index is 10.2. The summed E-state index contributed by atoms with van der Waals surface area (Å²) in [6.45, 7) is 5.61. The second-order valence-electron chi connectivity index (χ2n) is 5.00. The van der Waals surface area contributed by atoms with Crippen LogP contribution in [0.15, 0.2) is 35.5 Å². The fourth-order valence-electron chi connectivity index (χ4n) is 1.98. The summed E-state index contributed by atoms with van der Waals surface area (Å²) in [4.78, 5) is 9.68. The molecular weight excluding hydrogens is 459 g/mol. The molecule has 1 unspecified atom stereocenters. The summed E-state index contributed by atoms with van der Waals surface area (Å²) in [7, 11) is 0. The van der Waals surface area contributed by atoms with Crippen molar-refractivity contribution in [1.29, 1.82) is 0 Å². The number of pyridine rings is 1. The Kier molecular flexibility index (Phi) is 9.57. The lowest BCUT2D eigenvalue weighted by molar-refractivity contribution is 0.184. The van der Waals surface area contributed by atoms with E-state index in [4.69, 9.17) is 11.6 Å². The Hall–Kier alpha value is -0.900. The molecular formula is C16H22ClIN4OS. The van der Waals surface area contributed by atoms with Gasteiger partial charge < -0.3 is 15.7 Å². The van der Waals surface area contributed by atoms with Crippen molar-refractivity contribution in [3.63, 3.8) is 0 Å². The first kappa shape index (κ1) is 21.1. The summed E-state index contributed by atoms with van der Waals surface area (Å²) in [5.41, 5.74) is 2.05. The molecule has 2 rings (SSSR count). The predicted octanol–water partition coefficient (Wildman–Crippen LogP) is 3.51. The first-order valence-electron chi connectivity index (χ1n) is 7.46. The first-order valence-corrected chi connectivity index (χ1v) is 8.65. The smallest absolute Gasteiger partial charge is 0.191 e. The van der Waals surface area contributed by atoms with Crippen molar-refractivity contribution in [2.24, 2.45) is 4.99 Å². The van der Waals surface area contributed by atoms with Gasteiger partial charge in [0.05, 0.1) is 16.6 Å². The van der Waals surface area contributed by atoms with Crippen LogP contribution in [0.5, 0.6) is 0 Å². The van der Waals surface area contributed by atoms with Crippen molar-refractivity contribution in [2.45, 2.75) is 26.5 Å². The van der Waals surface area contributed by atoms with Crippen molar-refractivity contribution in [3.05, 3.63) is 50.9 Å². The highest BCUT2D eigenvalue weighted by Crippen LogP contribution is 2.26. The Morgan fingerprint density at radius 2 is 2.17 bits per heavy atom. The molecule has 2 heterocycles. The summed E-state index contributed by atoms with van der Waals surface area (Å²) in [5.74, 6) is 0.652. The monoisotopic (exact) mass is 480 g/mol. The second-order valence-corrected chi connectivity index (χ2v) is 6.75. The molecule has 8 heteroatoms. The van der Waals surface area contributed by atoms with Gasteiger partial charge in [-0.3, -0.25) is 4.98 Å². The van der Waals surface area contributed by atoms with Gasteiger partial charge in [-0.05, 0) is 37.6 Å². The van der Waals surface area contributed by atoms with Gasteiger partial charge in [-0.15, -0.1) is 35.3 Å². The molecule has 0 radical (unpaired) electrons. The Labute approximate surface area is 168 Å². The normalized spacial score (nSPS) is 12.4. The highest BCUT2D eigenvalue weighted by atomic mass is 127. The molecule has 0 bridgehead atoms. The van der Waals surface area contributed by atoms with Gasteiger partial charge in [0.1, 0.15) is 6.10 Å². The van der Waals surface area contributed by atoms with Crippen molar-refractivity contribution in [3.8, 4) is 0 Å². The van der Waals surface area contributed by atoms with E-state index in [-0.39, 0.29) is 24.0 Å². The number of hydrogen-bond acceptors (Lipinski definition) is 4. The van der Waals surface area contributed by atoms with Crippen molar-refractivity contribution in [2.75, 3.05) is 13.1 Å². The molecule has 0 spiro atoms. The van der Waals surface area contributed by atoms with Crippen molar-refractivity contribution in [1.82, 2.24) is 15.6 Å². The number of nitrogens with zero attached hydrogens (tertiary/aromatic N) is 2. The molecule has 1 atom stereocenters. The molecule has 0 aliphatic carbocycles. The summed E-state index contributed by atoms with van der Waals surface area (Å²) in [6, 6.07) is 7.55. The predicted molar refractivity (Wildman–Crippen MR) is 111 cm³/mol. The quantitative estimate of drug-likeness (QED) is 0.336. The third-order valence-corrected chi connectivity index (χ3v) is 4.57. The Bertz CT molecular complexity index is 665. The lowest BCUT2D eigenvalue weighted by atomic mass is 10.2. The molecule has 0 fully saturated rings. The van der Waals surface area contributed by atoms with Gasteiger partial charge in [0, 0.05) is 24.2 Å². The zero-order valence-electron chi connectivity index (χ0n) is 13.6. The number of aryl methyl sites for hydroxylation is 1. The number of thiophene rings is 1. The summed E-state index contributed by atoms with van der Waals surface area (Å²) < 4.78 is 0.672. The van der Waals surface area contributed by atoms with Crippen LogP contribution in [0.2, 0.25) is 4.34 Å². The number of hydrogen-bond donors (Lipinski definition) is 3. The van der Waals surface area contributed by atoms with Crippen molar-refractivity contribution < 1.29 is 5.11 Å². The topological polar surface area (TPSA) is 69.5 Å². The third kappa shape index (κ3) is 6.54. The molecule has 2 aromatic rings. The zero-order chi connectivity index (χ0) is 16.7. The highest BCUT2D eigenvalue weighted by molar-refractivity contribution is 14.0. The Morgan fingerprint density at radius 3 is 2.79 bits per heavy atom.